The minimum atomic E-state index is -0.401. The zero-order valence-electron chi connectivity index (χ0n) is 14.6. The smallest absolute Gasteiger partial charge is 0.258 e. The van der Waals surface area contributed by atoms with Crippen LogP contribution >= 0.6 is 0 Å². The predicted molar refractivity (Wildman–Crippen MR) is 94.1 cm³/mol. The Morgan fingerprint density at radius 3 is 2.59 bits per heavy atom. The topological polar surface area (TPSA) is 91.2 Å². The Hall–Kier alpha value is -3.49. The second kappa shape index (κ2) is 8.75. The second-order valence-electron chi connectivity index (χ2n) is 5.46. The number of tetrazole rings is 1. The van der Waals surface area contributed by atoms with Gasteiger partial charge in [-0.25, -0.2) is 4.39 Å². The Morgan fingerprint density at radius 2 is 1.89 bits per heavy atom. The van der Waals surface area contributed by atoms with Crippen LogP contribution in [-0.4, -0.2) is 39.3 Å². The van der Waals surface area contributed by atoms with Crippen LogP contribution in [0, 0.1) is 5.82 Å². The minimum Gasteiger partial charge on any atom is -0.494 e. The molecule has 0 fully saturated rings. The molecule has 3 rings (SSSR count). The van der Waals surface area contributed by atoms with Crippen LogP contribution in [-0.2, 0) is 11.3 Å². The van der Waals surface area contributed by atoms with Gasteiger partial charge in [-0.2, -0.15) is 4.68 Å². The number of ether oxygens (including phenoxy) is 2. The Bertz CT molecular complexity index is 898. The number of amides is 1. The number of nitrogens with one attached hydrogen (secondary N) is 1. The van der Waals surface area contributed by atoms with E-state index >= 15 is 0 Å². The van der Waals surface area contributed by atoms with Crippen molar-refractivity contribution in [3.8, 4) is 17.2 Å². The lowest BCUT2D eigenvalue weighted by molar-refractivity contribution is -0.123. The van der Waals surface area contributed by atoms with Crippen LogP contribution in [0.3, 0.4) is 0 Å². The normalized spacial score (nSPS) is 10.4. The van der Waals surface area contributed by atoms with E-state index in [0.29, 0.717) is 23.9 Å². The molecule has 0 atom stereocenters. The van der Waals surface area contributed by atoms with Gasteiger partial charge in [-0.05, 0) is 59.8 Å². The van der Waals surface area contributed by atoms with Gasteiger partial charge in [-0.15, -0.1) is 5.10 Å². The van der Waals surface area contributed by atoms with E-state index in [1.807, 2.05) is 6.92 Å². The lowest BCUT2D eigenvalue weighted by atomic mass is 10.3. The van der Waals surface area contributed by atoms with Crippen molar-refractivity contribution in [1.82, 2.24) is 25.5 Å². The fourth-order valence-corrected chi connectivity index (χ4v) is 2.30. The van der Waals surface area contributed by atoms with Crippen LogP contribution in [0.4, 0.5) is 4.39 Å². The second-order valence-corrected chi connectivity index (χ2v) is 5.46. The molecule has 0 aliphatic carbocycles. The largest absolute Gasteiger partial charge is 0.494 e. The molecule has 2 aromatic carbocycles. The average Bonchev–Trinajstić information content (AvgIpc) is 3.15. The van der Waals surface area contributed by atoms with Crippen LogP contribution in [0.25, 0.3) is 5.69 Å². The quantitative estimate of drug-likeness (QED) is 0.650. The molecular weight excluding hydrogens is 353 g/mol. The molecule has 3 aromatic rings. The summed E-state index contributed by atoms with van der Waals surface area (Å²) in [6.45, 7) is 2.40. The third kappa shape index (κ3) is 5.00. The zero-order valence-corrected chi connectivity index (χ0v) is 14.6. The van der Waals surface area contributed by atoms with Crippen molar-refractivity contribution in [1.29, 1.82) is 0 Å². The molecule has 1 heterocycles. The average molecular weight is 371 g/mol. The standard InChI is InChI=1S/C18H18FN5O3/c1-2-26-15-6-8-16(9-7-15)27-12-18(25)20-11-17-21-22-23-24(17)14-5-3-4-13(19)10-14/h3-10H,2,11-12H2,1H3,(H,20,25). The molecule has 0 saturated carbocycles. The summed E-state index contributed by atoms with van der Waals surface area (Å²) in [5.74, 6) is 0.922. The summed E-state index contributed by atoms with van der Waals surface area (Å²) in [5.41, 5.74) is 0.467. The van der Waals surface area contributed by atoms with Gasteiger partial charge in [-0.1, -0.05) is 6.07 Å². The van der Waals surface area contributed by atoms with Gasteiger partial charge < -0.3 is 14.8 Å². The first-order valence-electron chi connectivity index (χ1n) is 8.31. The first-order chi connectivity index (χ1) is 13.2. The third-order valence-corrected chi connectivity index (χ3v) is 3.54. The third-order valence-electron chi connectivity index (χ3n) is 3.54. The summed E-state index contributed by atoms with van der Waals surface area (Å²) in [7, 11) is 0. The van der Waals surface area contributed by atoms with Gasteiger partial charge in [-0.3, -0.25) is 4.79 Å². The summed E-state index contributed by atoms with van der Waals surface area (Å²) in [4.78, 5) is 12.0. The van der Waals surface area contributed by atoms with Crippen LogP contribution < -0.4 is 14.8 Å². The van der Waals surface area contributed by atoms with E-state index in [2.05, 4.69) is 20.8 Å². The van der Waals surface area contributed by atoms with Crippen molar-refractivity contribution in [2.45, 2.75) is 13.5 Å². The fourth-order valence-electron chi connectivity index (χ4n) is 2.30. The molecule has 140 valence electrons. The highest BCUT2D eigenvalue weighted by molar-refractivity contribution is 5.77. The number of halogens is 1. The maximum atomic E-state index is 13.4. The Balaban J connectivity index is 1.52. The molecular formula is C18H18FN5O3. The molecule has 9 heteroatoms. The molecule has 0 unspecified atom stereocenters. The number of hydrogen-bond acceptors (Lipinski definition) is 6. The summed E-state index contributed by atoms with van der Waals surface area (Å²) in [6, 6.07) is 12.8. The Morgan fingerprint density at radius 1 is 1.15 bits per heavy atom. The SMILES string of the molecule is CCOc1ccc(OCC(=O)NCc2nnnn2-c2cccc(F)c2)cc1. The van der Waals surface area contributed by atoms with E-state index in [1.165, 1.54) is 16.8 Å². The van der Waals surface area contributed by atoms with Gasteiger partial charge >= 0.3 is 0 Å². The first-order valence-corrected chi connectivity index (χ1v) is 8.31. The molecule has 8 nitrogen and oxygen atoms in total. The van der Waals surface area contributed by atoms with Gasteiger partial charge in [0, 0.05) is 0 Å². The molecule has 1 aromatic heterocycles. The Labute approximate surface area is 154 Å². The van der Waals surface area contributed by atoms with Crippen molar-refractivity contribution in [3.63, 3.8) is 0 Å². The van der Waals surface area contributed by atoms with Gasteiger partial charge in [0.25, 0.3) is 5.91 Å². The maximum absolute atomic E-state index is 13.4. The molecule has 0 bridgehead atoms. The number of rotatable bonds is 8. The maximum Gasteiger partial charge on any atom is 0.258 e. The highest BCUT2D eigenvalue weighted by atomic mass is 19.1. The van der Waals surface area contributed by atoms with Crippen molar-refractivity contribution >= 4 is 5.91 Å². The van der Waals surface area contributed by atoms with Crippen LogP contribution in [0.1, 0.15) is 12.7 Å². The van der Waals surface area contributed by atoms with Crippen molar-refractivity contribution in [3.05, 3.63) is 60.2 Å². The zero-order chi connectivity index (χ0) is 19.1. The molecule has 0 radical (unpaired) electrons. The monoisotopic (exact) mass is 371 g/mol. The van der Waals surface area contributed by atoms with Gasteiger partial charge in [0.2, 0.25) is 0 Å². The number of hydrogen-bond donors (Lipinski definition) is 1. The number of carbonyl (C=O) groups is 1. The molecule has 1 amide bonds. The van der Waals surface area contributed by atoms with Crippen molar-refractivity contribution in [2.24, 2.45) is 0 Å². The van der Waals surface area contributed by atoms with Crippen molar-refractivity contribution < 1.29 is 18.7 Å². The molecule has 0 spiro atoms. The Kier molecular flexibility index (Phi) is 5.93. The predicted octanol–water partition coefficient (Wildman–Crippen LogP) is 1.90. The highest BCUT2D eigenvalue weighted by Gasteiger charge is 2.11. The lowest BCUT2D eigenvalue weighted by Gasteiger charge is -2.09. The first kappa shape index (κ1) is 18.3. The minimum absolute atomic E-state index is 0.0784. The fraction of sp³-hybridized carbons (Fsp3) is 0.222. The van der Waals surface area contributed by atoms with E-state index < -0.39 is 5.82 Å². The van der Waals surface area contributed by atoms with E-state index in [1.54, 1.807) is 36.4 Å². The highest BCUT2D eigenvalue weighted by Crippen LogP contribution is 2.17. The van der Waals surface area contributed by atoms with Gasteiger partial charge in [0.15, 0.2) is 12.4 Å². The summed E-state index contributed by atoms with van der Waals surface area (Å²) in [5, 5.41) is 13.9. The van der Waals surface area contributed by atoms with E-state index in [0.717, 1.165) is 5.75 Å². The molecule has 0 aliphatic rings. The molecule has 0 aliphatic heterocycles. The molecule has 0 saturated heterocycles. The van der Waals surface area contributed by atoms with Gasteiger partial charge in [0.05, 0.1) is 18.8 Å². The summed E-state index contributed by atoms with van der Waals surface area (Å²) >= 11 is 0. The number of aromatic nitrogens is 4. The van der Waals surface area contributed by atoms with Crippen LogP contribution in [0.15, 0.2) is 48.5 Å². The summed E-state index contributed by atoms with van der Waals surface area (Å²) in [6.07, 6.45) is 0. The van der Waals surface area contributed by atoms with Crippen LogP contribution in [0.5, 0.6) is 11.5 Å². The van der Waals surface area contributed by atoms with Crippen molar-refractivity contribution in [2.75, 3.05) is 13.2 Å². The van der Waals surface area contributed by atoms with Gasteiger partial charge in [0.1, 0.15) is 17.3 Å². The molecule has 27 heavy (non-hydrogen) atoms. The van der Waals surface area contributed by atoms with Crippen LogP contribution in [0.2, 0.25) is 0 Å². The number of benzene rings is 2. The van der Waals surface area contributed by atoms with E-state index in [-0.39, 0.29) is 19.1 Å². The van der Waals surface area contributed by atoms with E-state index in [4.69, 9.17) is 9.47 Å². The lowest BCUT2D eigenvalue weighted by Crippen LogP contribution is -2.29. The number of nitrogens with zero attached hydrogens (tertiary/aromatic N) is 4. The van der Waals surface area contributed by atoms with E-state index in [9.17, 15) is 9.18 Å². The number of carbonyl (C=O) groups excluding carboxylic acids is 1. The molecule has 1 N–H and O–H groups in total. The summed E-state index contributed by atoms with van der Waals surface area (Å²) < 4.78 is 25.5.